The minimum Gasteiger partial charge on any atom is -0.296 e. The van der Waals surface area contributed by atoms with E-state index in [0.717, 1.165) is 12.1 Å². The van der Waals surface area contributed by atoms with Crippen LogP contribution in [0.2, 0.25) is 0 Å². The first-order valence-electron chi connectivity index (χ1n) is 8.63. The van der Waals surface area contributed by atoms with Crippen molar-refractivity contribution in [3.8, 4) is 0 Å². The number of ketones is 1. The molecule has 0 aromatic heterocycles. The maximum Gasteiger partial charge on any atom is 0.167 e. The van der Waals surface area contributed by atoms with Gasteiger partial charge < -0.3 is 0 Å². The van der Waals surface area contributed by atoms with Crippen molar-refractivity contribution in [2.45, 2.75) is 45.2 Å². The Morgan fingerprint density at radius 1 is 1.00 bits per heavy atom. The van der Waals surface area contributed by atoms with Gasteiger partial charge in [-0.25, -0.2) is 0 Å². The third-order valence-electron chi connectivity index (χ3n) is 4.88. The SMILES string of the molecule is CC1CCCCN1Cc1ccccc1CC(=O)c1ccccc1. The average Bonchev–Trinajstić information content (AvgIpc) is 2.59. The number of benzene rings is 2. The molecule has 1 fully saturated rings. The lowest BCUT2D eigenvalue weighted by molar-refractivity contribution is 0.0992. The van der Waals surface area contributed by atoms with Crippen molar-refractivity contribution in [2.24, 2.45) is 0 Å². The van der Waals surface area contributed by atoms with Crippen LogP contribution in [0.3, 0.4) is 0 Å². The molecule has 0 aliphatic carbocycles. The summed E-state index contributed by atoms with van der Waals surface area (Å²) in [6.07, 6.45) is 4.40. The summed E-state index contributed by atoms with van der Waals surface area (Å²) in [6.45, 7) is 4.44. The number of rotatable bonds is 5. The van der Waals surface area contributed by atoms with Gasteiger partial charge in [-0.1, -0.05) is 61.0 Å². The summed E-state index contributed by atoms with van der Waals surface area (Å²) in [4.78, 5) is 15.1. The van der Waals surface area contributed by atoms with Crippen LogP contribution in [0.1, 0.15) is 47.7 Å². The summed E-state index contributed by atoms with van der Waals surface area (Å²) in [5, 5.41) is 0. The number of carbonyl (C=O) groups is 1. The Hall–Kier alpha value is -1.93. The minimum atomic E-state index is 0.199. The van der Waals surface area contributed by atoms with E-state index in [-0.39, 0.29) is 5.78 Å². The third kappa shape index (κ3) is 4.08. The molecule has 1 unspecified atom stereocenters. The largest absolute Gasteiger partial charge is 0.296 e. The van der Waals surface area contributed by atoms with Crippen molar-refractivity contribution in [1.29, 1.82) is 0 Å². The number of hydrogen-bond donors (Lipinski definition) is 0. The van der Waals surface area contributed by atoms with Gasteiger partial charge in [-0.2, -0.15) is 0 Å². The highest BCUT2D eigenvalue weighted by molar-refractivity contribution is 5.97. The van der Waals surface area contributed by atoms with Crippen LogP contribution >= 0.6 is 0 Å². The Balaban J connectivity index is 1.74. The molecule has 0 bridgehead atoms. The van der Waals surface area contributed by atoms with Gasteiger partial charge >= 0.3 is 0 Å². The van der Waals surface area contributed by atoms with E-state index in [1.54, 1.807) is 0 Å². The summed E-state index contributed by atoms with van der Waals surface area (Å²) in [5.74, 6) is 0.199. The lowest BCUT2D eigenvalue weighted by Crippen LogP contribution is -2.37. The van der Waals surface area contributed by atoms with Crippen molar-refractivity contribution < 1.29 is 4.79 Å². The predicted molar refractivity (Wildman–Crippen MR) is 94.6 cm³/mol. The lowest BCUT2D eigenvalue weighted by atomic mass is 9.97. The maximum atomic E-state index is 12.5. The molecule has 2 nitrogen and oxygen atoms in total. The molecule has 3 rings (SSSR count). The molecule has 0 amide bonds. The van der Waals surface area contributed by atoms with Crippen molar-refractivity contribution in [1.82, 2.24) is 4.90 Å². The molecule has 0 spiro atoms. The van der Waals surface area contributed by atoms with Crippen molar-refractivity contribution in [3.05, 3.63) is 71.3 Å². The van der Waals surface area contributed by atoms with Crippen molar-refractivity contribution >= 4 is 5.78 Å². The van der Waals surface area contributed by atoms with E-state index in [2.05, 4.69) is 30.0 Å². The van der Waals surface area contributed by atoms with E-state index in [0.29, 0.717) is 12.5 Å². The van der Waals surface area contributed by atoms with E-state index < -0.39 is 0 Å². The maximum absolute atomic E-state index is 12.5. The van der Waals surface area contributed by atoms with Gasteiger partial charge in [-0.15, -0.1) is 0 Å². The zero-order valence-corrected chi connectivity index (χ0v) is 13.9. The van der Waals surface area contributed by atoms with E-state index >= 15 is 0 Å². The van der Waals surface area contributed by atoms with Crippen LogP contribution in [0.4, 0.5) is 0 Å². The molecular weight excluding hydrogens is 282 g/mol. The van der Waals surface area contributed by atoms with Gasteiger partial charge in [-0.3, -0.25) is 9.69 Å². The van der Waals surface area contributed by atoms with Crippen LogP contribution < -0.4 is 0 Å². The van der Waals surface area contributed by atoms with Crippen molar-refractivity contribution in [2.75, 3.05) is 6.54 Å². The third-order valence-corrected chi connectivity index (χ3v) is 4.88. The molecule has 2 heteroatoms. The summed E-state index contributed by atoms with van der Waals surface area (Å²) in [5.41, 5.74) is 3.26. The van der Waals surface area contributed by atoms with E-state index in [1.165, 1.54) is 36.9 Å². The molecule has 2 aromatic rings. The summed E-state index contributed by atoms with van der Waals surface area (Å²) in [6, 6.07) is 18.6. The first kappa shape index (κ1) is 15.9. The standard InChI is InChI=1S/C21H25NO/c1-17-9-7-8-14-22(17)16-20-13-6-5-12-19(20)15-21(23)18-10-3-2-4-11-18/h2-6,10-13,17H,7-9,14-16H2,1H3. The Labute approximate surface area is 139 Å². The van der Waals surface area contributed by atoms with Crippen LogP contribution in [0.25, 0.3) is 0 Å². The fourth-order valence-corrected chi connectivity index (χ4v) is 3.39. The quantitative estimate of drug-likeness (QED) is 0.759. The number of piperidine rings is 1. The van der Waals surface area contributed by atoms with Crippen LogP contribution in [0, 0.1) is 0 Å². The van der Waals surface area contributed by atoms with Gasteiger partial charge in [0.2, 0.25) is 0 Å². The molecule has 1 heterocycles. The van der Waals surface area contributed by atoms with Crippen LogP contribution in [-0.2, 0) is 13.0 Å². The highest BCUT2D eigenvalue weighted by Crippen LogP contribution is 2.21. The van der Waals surface area contributed by atoms with Crippen LogP contribution in [0.5, 0.6) is 0 Å². The Kier molecular flexibility index (Phi) is 5.24. The first-order valence-corrected chi connectivity index (χ1v) is 8.63. The smallest absolute Gasteiger partial charge is 0.167 e. The summed E-state index contributed by atoms with van der Waals surface area (Å²) >= 11 is 0. The molecule has 2 aromatic carbocycles. The zero-order chi connectivity index (χ0) is 16.1. The van der Waals surface area contributed by atoms with Crippen LogP contribution in [0.15, 0.2) is 54.6 Å². The molecule has 1 aliphatic rings. The minimum absolute atomic E-state index is 0.199. The second kappa shape index (κ2) is 7.56. The second-order valence-electron chi connectivity index (χ2n) is 6.55. The number of Topliss-reactive ketones (excluding diaryl/α,β-unsaturated/α-hetero) is 1. The number of nitrogens with zero attached hydrogens (tertiary/aromatic N) is 1. The molecule has 0 N–H and O–H groups in total. The average molecular weight is 307 g/mol. The number of likely N-dealkylation sites (tertiary alicyclic amines) is 1. The van der Waals surface area contributed by atoms with Gasteiger partial charge in [0.25, 0.3) is 0 Å². The highest BCUT2D eigenvalue weighted by Gasteiger charge is 2.19. The van der Waals surface area contributed by atoms with Crippen molar-refractivity contribution in [3.63, 3.8) is 0 Å². The molecule has 0 saturated carbocycles. The van der Waals surface area contributed by atoms with Gasteiger partial charge in [0.15, 0.2) is 5.78 Å². The molecule has 23 heavy (non-hydrogen) atoms. The highest BCUT2D eigenvalue weighted by atomic mass is 16.1. The Bertz CT molecular complexity index is 650. The molecule has 1 atom stereocenters. The van der Waals surface area contributed by atoms with Gasteiger partial charge in [0, 0.05) is 24.6 Å². The monoisotopic (exact) mass is 307 g/mol. The summed E-state index contributed by atoms with van der Waals surface area (Å²) in [7, 11) is 0. The molecule has 120 valence electrons. The van der Waals surface area contributed by atoms with E-state index in [4.69, 9.17) is 0 Å². The fourth-order valence-electron chi connectivity index (χ4n) is 3.39. The lowest BCUT2D eigenvalue weighted by Gasteiger charge is -2.33. The topological polar surface area (TPSA) is 20.3 Å². The number of carbonyl (C=O) groups excluding carboxylic acids is 1. The van der Waals surface area contributed by atoms with Gasteiger partial charge in [0.05, 0.1) is 0 Å². The first-order chi connectivity index (χ1) is 11.2. The molecule has 1 aliphatic heterocycles. The van der Waals surface area contributed by atoms with E-state index in [9.17, 15) is 4.79 Å². The Morgan fingerprint density at radius 2 is 1.70 bits per heavy atom. The molecule has 0 radical (unpaired) electrons. The van der Waals surface area contributed by atoms with Gasteiger partial charge in [0.1, 0.15) is 0 Å². The van der Waals surface area contributed by atoms with Gasteiger partial charge in [-0.05, 0) is 37.4 Å². The number of hydrogen-bond acceptors (Lipinski definition) is 2. The summed E-state index contributed by atoms with van der Waals surface area (Å²) < 4.78 is 0. The predicted octanol–water partition coefficient (Wildman–Crippen LogP) is 4.49. The Morgan fingerprint density at radius 3 is 2.43 bits per heavy atom. The van der Waals surface area contributed by atoms with Crippen LogP contribution in [-0.4, -0.2) is 23.3 Å². The molecule has 1 saturated heterocycles. The second-order valence-corrected chi connectivity index (χ2v) is 6.55. The zero-order valence-electron chi connectivity index (χ0n) is 13.9. The van der Waals surface area contributed by atoms with E-state index in [1.807, 2.05) is 36.4 Å². The normalized spacial score (nSPS) is 18.7. The molecular formula is C21H25NO. The fraction of sp³-hybridized carbons (Fsp3) is 0.381.